The minimum absolute atomic E-state index is 0.241. The Morgan fingerprint density at radius 3 is 2.27 bits per heavy atom. The van der Waals surface area contributed by atoms with Crippen LogP contribution in [0.1, 0.15) is 64.5 Å². The third kappa shape index (κ3) is 5.59. The van der Waals surface area contributed by atoms with Crippen LogP contribution in [0.5, 0.6) is 5.75 Å². The summed E-state index contributed by atoms with van der Waals surface area (Å²) in [5.41, 5.74) is -0.178. The summed E-state index contributed by atoms with van der Waals surface area (Å²) in [6.45, 7) is 6.15. The number of rotatable bonds is 10. The predicted octanol–water partition coefficient (Wildman–Crippen LogP) is 3.20. The van der Waals surface area contributed by atoms with Crippen molar-refractivity contribution in [2.45, 2.75) is 70.7 Å². The lowest BCUT2D eigenvalue weighted by atomic mass is 9.94. The lowest BCUT2D eigenvalue weighted by molar-refractivity contribution is -0.0204. The van der Waals surface area contributed by atoms with Crippen LogP contribution in [0.15, 0.2) is 24.3 Å². The van der Waals surface area contributed by atoms with Crippen molar-refractivity contribution in [2.24, 2.45) is 0 Å². The van der Waals surface area contributed by atoms with Crippen LogP contribution < -0.4 is 4.74 Å². The third-order valence-electron chi connectivity index (χ3n) is 3.92. The van der Waals surface area contributed by atoms with Gasteiger partial charge in [0.2, 0.25) is 0 Å². The zero-order valence-electron chi connectivity index (χ0n) is 14.0. The quantitative estimate of drug-likeness (QED) is 0.620. The van der Waals surface area contributed by atoms with E-state index in [-0.39, 0.29) is 6.61 Å². The standard InChI is InChI=1S/C18H30O4/c1-4-10-18(21,11-5-2)13-22-15-9-7-8-14(12-15)17(20)16(19)6-3/h7-9,12,16-17,19-21H,4-6,10-11,13H2,1-3H3/t16-,17+/m1/s1. The van der Waals surface area contributed by atoms with Gasteiger partial charge in [-0.05, 0) is 37.0 Å². The van der Waals surface area contributed by atoms with E-state index >= 15 is 0 Å². The first-order valence-electron chi connectivity index (χ1n) is 8.27. The second-order valence-corrected chi connectivity index (χ2v) is 6.01. The van der Waals surface area contributed by atoms with Crippen molar-refractivity contribution in [1.82, 2.24) is 0 Å². The van der Waals surface area contributed by atoms with Gasteiger partial charge >= 0.3 is 0 Å². The van der Waals surface area contributed by atoms with Crippen LogP contribution in [0.4, 0.5) is 0 Å². The average molecular weight is 310 g/mol. The molecule has 0 saturated carbocycles. The van der Waals surface area contributed by atoms with Gasteiger partial charge in [0, 0.05) is 0 Å². The van der Waals surface area contributed by atoms with Crippen molar-refractivity contribution in [1.29, 1.82) is 0 Å². The predicted molar refractivity (Wildman–Crippen MR) is 88.0 cm³/mol. The number of aliphatic hydroxyl groups excluding tert-OH is 2. The fourth-order valence-corrected chi connectivity index (χ4v) is 2.65. The first kappa shape index (κ1) is 18.9. The zero-order chi connectivity index (χ0) is 16.6. The van der Waals surface area contributed by atoms with Crippen LogP contribution in [0, 0.1) is 0 Å². The van der Waals surface area contributed by atoms with E-state index in [0.717, 1.165) is 12.8 Å². The van der Waals surface area contributed by atoms with Crippen molar-refractivity contribution in [3.05, 3.63) is 29.8 Å². The molecular weight excluding hydrogens is 280 g/mol. The first-order chi connectivity index (χ1) is 10.5. The Bertz CT molecular complexity index is 427. The first-order valence-corrected chi connectivity index (χ1v) is 8.27. The Morgan fingerprint density at radius 1 is 1.09 bits per heavy atom. The van der Waals surface area contributed by atoms with Gasteiger partial charge in [0.05, 0.1) is 11.7 Å². The average Bonchev–Trinajstić information content (AvgIpc) is 2.52. The summed E-state index contributed by atoms with van der Waals surface area (Å²) in [5.74, 6) is 0.602. The number of hydrogen-bond donors (Lipinski definition) is 3. The Balaban J connectivity index is 2.73. The minimum Gasteiger partial charge on any atom is -0.491 e. The van der Waals surface area contributed by atoms with E-state index in [1.165, 1.54) is 0 Å². The highest BCUT2D eigenvalue weighted by Gasteiger charge is 2.26. The number of ether oxygens (including phenoxy) is 1. The normalized spacial score (nSPS) is 14.6. The maximum absolute atomic E-state index is 10.6. The minimum atomic E-state index is -0.918. The van der Waals surface area contributed by atoms with Gasteiger partial charge in [-0.15, -0.1) is 0 Å². The van der Waals surface area contributed by atoms with Gasteiger partial charge in [0.25, 0.3) is 0 Å². The molecule has 0 fully saturated rings. The number of hydrogen-bond acceptors (Lipinski definition) is 4. The summed E-state index contributed by atoms with van der Waals surface area (Å²) >= 11 is 0. The molecule has 0 aromatic heterocycles. The number of aliphatic hydroxyl groups is 3. The Hall–Kier alpha value is -1.10. The lowest BCUT2D eigenvalue weighted by Gasteiger charge is -2.27. The van der Waals surface area contributed by atoms with Crippen molar-refractivity contribution in [3.8, 4) is 5.75 Å². The van der Waals surface area contributed by atoms with Crippen LogP contribution in [-0.4, -0.2) is 33.6 Å². The van der Waals surface area contributed by atoms with E-state index in [1.807, 2.05) is 20.8 Å². The monoisotopic (exact) mass is 310 g/mol. The van der Waals surface area contributed by atoms with Crippen molar-refractivity contribution < 1.29 is 20.1 Å². The fourth-order valence-electron chi connectivity index (χ4n) is 2.65. The van der Waals surface area contributed by atoms with E-state index in [4.69, 9.17) is 4.74 Å². The van der Waals surface area contributed by atoms with Gasteiger partial charge in [-0.1, -0.05) is 45.7 Å². The van der Waals surface area contributed by atoms with Crippen LogP contribution in [0.3, 0.4) is 0 Å². The van der Waals surface area contributed by atoms with Crippen LogP contribution in [0.2, 0.25) is 0 Å². The van der Waals surface area contributed by atoms with Crippen molar-refractivity contribution >= 4 is 0 Å². The topological polar surface area (TPSA) is 69.9 Å². The second-order valence-electron chi connectivity index (χ2n) is 6.01. The highest BCUT2D eigenvalue weighted by molar-refractivity contribution is 5.30. The summed E-state index contributed by atoms with van der Waals surface area (Å²) in [5, 5.41) is 30.4. The third-order valence-corrected chi connectivity index (χ3v) is 3.92. The molecule has 1 aromatic carbocycles. The van der Waals surface area contributed by atoms with Crippen LogP contribution in [-0.2, 0) is 0 Å². The molecule has 0 bridgehead atoms. The van der Waals surface area contributed by atoms with Gasteiger partial charge in [0.1, 0.15) is 18.5 Å². The molecule has 4 nitrogen and oxygen atoms in total. The summed E-state index contributed by atoms with van der Waals surface area (Å²) in [7, 11) is 0. The SMILES string of the molecule is CCCC(O)(CCC)COc1cccc([C@H](O)[C@H](O)CC)c1. The van der Waals surface area contributed by atoms with E-state index in [9.17, 15) is 15.3 Å². The van der Waals surface area contributed by atoms with Gasteiger partial charge in [-0.2, -0.15) is 0 Å². The number of benzene rings is 1. The maximum atomic E-state index is 10.6. The molecule has 4 heteroatoms. The summed E-state index contributed by atoms with van der Waals surface area (Å²) in [6.07, 6.45) is 2.00. The highest BCUT2D eigenvalue weighted by Crippen LogP contribution is 2.25. The molecular formula is C18H30O4. The molecule has 1 rings (SSSR count). The van der Waals surface area contributed by atoms with Crippen molar-refractivity contribution in [2.75, 3.05) is 6.61 Å². The van der Waals surface area contributed by atoms with E-state index in [0.29, 0.717) is 30.6 Å². The van der Waals surface area contributed by atoms with Crippen molar-refractivity contribution in [3.63, 3.8) is 0 Å². The van der Waals surface area contributed by atoms with E-state index in [1.54, 1.807) is 24.3 Å². The molecule has 126 valence electrons. The molecule has 0 spiro atoms. The molecule has 0 unspecified atom stereocenters. The molecule has 0 radical (unpaired) electrons. The van der Waals surface area contributed by atoms with Crippen LogP contribution >= 0.6 is 0 Å². The maximum Gasteiger partial charge on any atom is 0.119 e. The molecule has 0 heterocycles. The summed E-state index contributed by atoms with van der Waals surface area (Å²) < 4.78 is 5.74. The molecule has 22 heavy (non-hydrogen) atoms. The van der Waals surface area contributed by atoms with Gasteiger partial charge in [-0.3, -0.25) is 0 Å². The van der Waals surface area contributed by atoms with Gasteiger partial charge in [-0.25, -0.2) is 0 Å². The zero-order valence-corrected chi connectivity index (χ0v) is 14.0. The smallest absolute Gasteiger partial charge is 0.119 e. The molecule has 0 amide bonds. The summed E-state index contributed by atoms with van der Waals surface area (Å²) in [6, 6.07) is 7.07. The highest BCUT2D eigenvalue weighted by atomic mass is 16.5. The molecule has 1 aromatic rings. The van der Waals surface area contributed by atoms with Crippen LogP contribution in [0.25, 0.3) is 0 Å². The Labute approximate surface area is 133 Å². The second kappa shape index (κ2) is 9.13. The molecule has 3 N–H and O–H groups in total. The van der Waals surface area contributed by atoms with E-state index < -0.39 is 17.8 Å². The molecule has 0 aliphatic heterocycles. The lowest BCUT2D eigenvalue weighted by Crippen LogP contribution is -2.35. The molecule has 0 aliphatic carbocycles. The molecule has 0 aliphatic rings. The Morgan fingerprint density at radius 2 is 1.73 bits per heavy atom. The largest absolute Gasteiger partial charge is 0.491 e. The Kier molecular flexibility index (Phi) is 7.87. The van der Waals surface area contributed by atoms with Gasteiger partial charge < -0.3 is 20.1 Å². The summed E-state index contributed by atoms with van der Waals surface area (Å²) in [4.78, 5) is 0. The molecule has 0 saturated heterocycles. The van der Waals surface area contributed by atoms with E-state index in [2.05, 4.69) is 0 Å². The van der Waals surface area contributed by atoms with Gasteiger partial charge in [0.15, 0.2) is 0 Å². The fraction of sp³-hybridized carbons (Fsp3) is 0.667. The molecule has 2 atom stereocenters.